The molecule has 1 amide bonds. The van der Waals surface area contributed by atoms with Crippen molar-refractivity contribution in [1.29, 1.82) is 0 Å². The molecule has 0 aromatic carbocycles. The highest BCUT2D eigenvalue weighted by atomic mass is 16.6. The lowest BCUT2D eigenvalue weighted by molar-refractivity contribution is -0.112. The first-order valence-electron chi connectivity index (χ1n) is 6.29. The zero-order valence-electron chi connectivity index (χ0n) is 11.8. The highest BCUT2D eigenvalue weighted by molar-refractivity contribution is 5.77. The van der Waals surface area contributed by atoms with Gasteiger partial charge in [0.25, 0.3) is 0 Å². The highest BCUT2D eigenvalue weighted by Crippen LogP contribution is 2.29. The number of ether oxygens (including phenoxy) is 1. The van der Waals surface area contributed by atoms with Gasteiger partial charge in [0.05, 0.1) is 11.7 Å². The molecule has 19 heavy (non-hydrogen) atoms. The van der Waals surface area contributed by atoms with Crippen molar-refractivity contribution in [3.63, 3.8) is 0 Å². The Morgan fingerprint density at radius 2 is 2.00 bits per heavy atom. The first-order chi connectivity index (χ1) is 8.84. The summed E-state index contributed by atoms with van der Waals surface area (Å²) in [6.45, 7) is 12.8. The largest absolute Gasteiger partial charge is 0.443 e. The molecule has 1 unspecified atom stereocenters. The summed E-state index contributed by atoms with van der Waals surface area (Å²) in [5, 5.41) is 0. The summed E-state index contributed by atoms with van der Waals surface area (Å²) in [6.07, 6.45) is 4.77. The molecular weight excluding hydrogens is 242 g/mol. The van der Waals surface area contributed by atoms with Gasteiger partial charge in [0.2, 0.25) is 0 Å². The van der Waals surface area contributed by atoms with Crippen molar-refractivity contribution in [2.24, 2.45) is 0 Å². The number of hydrogen-bond acceptors (Lipinski definition) is 3. The first-order valence-corrected chi connectivity index (χ1v) is 6.29. The molecule has 4 heteroatoms. The van der Waals surface area contributed by atoms with Crippen LogP contribution in [0, 0.1) is 0 Å². The van der Waals surface area contributed by atoms with Gasteiger partial charge < -0.3 is 9.53 Å². The number of amides is 1. The molecule has 104 valence electrons. The summed E-state index contributed by atoms with van der Waals surface area (Å²) in [6, 6.07) is -0.508. The molecular formula is C15H21NO3. The molecule has 0 aromatic rings. The Balaban J connectivity index is 3.15. The van der Waals surface area contributed by atoms with E-state index in [1.165, 1.54) is 4.90 Å². The minimum Gasteiger partial charge on any atom is -0.443 e. The number of allylic oxidation sites excluding steroid dienone is 3. The maximum atomic E-state index is 12.2. The summed E-state index contributed by atoms with van der Waals surface area (Å²) in [7, 11) is 0. The van der Waals surface area contributed by atoms with E-state index in [0.29, 0.717) is 18.5 Å². The zero-order valence-corrected chi connectivity index (χ0v) is 11.8. The third kappa shape index (κ3) is 3.56. The minimum absolute atomic E-state index is 0.508. The van der Waals surface area contributed by atoms with Gasteiger partial charge in [-0.15, -0.1) is 0 Å². The van der Waals surface area contributed by atoms with Crippen LogP contribution in [-0.4, -0.2) is 28.9 Å². The van der Waals surface area contributed by atoms with Crippen molar-refractivity contribution in [2.75, 3.05) is 0 Å². The first kappa shape index (κ1) is 15.2. The van der Waals surface area contributed by atoms with Crippen molar-refractivity contribution in [1.82, 2.24) is 4.90 Å². The number of hydrogen-bond donors (Lipinski definition) is 0. The molecule has 0 aliphatic carbocycles. The molecule has 4 nitrogen and oxygen atoms in total. The molecule has 0 spiro atoms. The summed E-state index contributed by atoms with van der Waals surface area (Å²) in [5.41, 5.74) is 0.898. The van der Waals surface area contributed by atoms with E-state index in [1.807, 2.05) is 0 Å². The monoisotopic (exact) mass is 263 g/mol. The molecule has 1 atom stereocenters. The maximum absolute atomic E-state index is 12.2. The standard InChI is InChI=1S/C15H21NO3/c1-6-11-8-9-12(10-17)16(13(11)7-2)14(18)19-15(3,4)5/h6-7,10,12H,1-2,8-9H2,3-5H3. The molecule has 0 radical (unpaired) electrons. The Labute approximate surface area is 114 Å². The van der Waals surface area contributed by atoms with Crippen LogP contribution in [0.3, 0.4) is 0 Å². The van der Waals surface area contributed by atoms with E-state index < -0.39 is 17.7 Å². The van der Waals surface area contributed by atoms with Crippen molar-refractivity contribution in [3.05, 3.63) is 36.6 Å². The second-order valence-corrected chi connectivity index (χ2v) is 5.41. The Morgan fingerprint density at radius 1 is 1.37 bits per heavy atom. The molecule has 0 fully saturated rings. The van der Waals surface area contributed by atoms with Gasteiger partial charge >= 0.3 is 6.09 Å². The van der Waals surface area contributed by atoms with Crippen LogP contribution in [-0.2, 0) is 9.53 Å². The molecule has 1 heterocycles. The van der Waals surface area contributed by atoms with E-state index in [4.69, 9.17) is 4.74 Å². The van der Waals surface area contributed by atoms with Crippen LogP contribution in [0.1, 0.15) is 33.6 Å². The molecule has 1 aliphatic heterocycles. The Kier molecular flexibility index (Phi) is 4.70. The van der Waals surface area contributed by atoms with Crippen LogP contribution in [0.15, 0.2) is 36.6 Å². The second-order valence-electron chi connectivity index (χ2n) is 5.41. The van der Waals surface area contributed by atoms with Gasteiger partial charge in [-0.1, -0.05) is 19.2 Å². The van der Waals surface area contributed by atoms with Crippen LogP contribution in [0.4, 0.5) is 4.79 Å². The predicted octanol–water partition coefficient (Wildman–Crippen LogP) is 3.21. The number of aldehydes is 1. The highest BCUT2D eigenvalue weighted by Gasteiger charge is 2.33. The van der Waals surface area contributed by atoms with Gasteiger partial charge in [-0.25, -0.2) is 4.79 Å². The number of carbonyl (C=O) groups is 2. The summed E-state index contributed by atoms with van der Waals surface area (Å²) >= 11 is 0. The van der Waals surface area contributed by atoms with Crippen LogP contribution >= 0.6 is 0 Å². The average Bonchev–Trinajstić information content (AvgIpc) is 2.34. The van der Waals surface area contributed by atoms with Crippen LogP contribution < -0.4 is 0 Å². The molecule has 0 saturated carbocycles. The van der Waals surface area contributed by atoms with E-state index in [2.05, 4.69) is 13.2 Å². The van der Waals surface area contributed by atoms with Crippen molar-refractivity contribution < 1.29 is 14.3 Å². The fourth-order valence-electron chi connectivity index (χ4n) is 2.00. The van der Waals surface area contributed by atoms with Crippen LogP contribution in [0.25, 0.3) is 0 Å². The van der Waals surface area contributed by atoms with Gasteiger partial charge in [0.1, 0.15) is 11.9 Å². The van der Waals surface area contributed by atoms with Crippen LogP contribution in [0.5, 0.6) is 0 Å². The third-order valence-electron chi connectivity index (χ3n) is 2.82. The molecule has 0 N–H and O–H groups in total. The summed E-state index contributed by atoms with van der Waals surface area (Å²) in [5.74, 6) is 0. The minimum atomic E-state index is -0.609. The van der Waals surface area contributed by atoms with E-state index >= 15 is 0 Å². The molecule has 1 rings (SSSR count). The lowest BCUT2D eigenvalue weighted by Gasteiger charge is -2.35. The number of carbonyl (C=O) groups excluding carboxylic acids is 2. The van der Waals surface area contributed by atoms with E-state index in [0.717, 1.165) is 11.9 Å². The normalized spacial score (nSPS) is 19.9. The van der Waals surface area contributed by atoms with Crippen molar-refractivity contribution in [3.8, 4) is 0 Å². The molecule has 0 bridgehead atoms. The van der Waals surface area contributed by atoms with Gasteiger partial charge in [-0.05, 0) is 45.3 Å². The van der Waals surface area contributed by atoms with Gasteiger partial charge in [0.15, 0.2) is 0 Å². The van der Waals surface area contributed by atoms with Crippen molar-refractivity contribution in [2.45, 2.75) is 45.3 Å². The fourth-order valence-corrected chi connectivity index (χ4v) is 2.00. The van der Waals surface area contributed by atoms with Gasteiger partial charge in [-0.3, -0.25) is 4.90 Å². The molecule has 0 aromatic heterocycles. The smallest absolute Gasteiger partial charge is 0.415 e. The Bertz CT molecular complexity index is 429. The van der Waals surface area contributed by atoms with E-state index in [-0.39, 0.29) is 0 Å². The van der Waals surface area contributed by atoms with E-state index in [1.54, 1.807) is 32.9 Å². The Morgan fingerprint density at radius 3 is 2.42 bits per heavy atom. The topological polar surface area (TPSA) is 46.6 Å². The second kappa shape index (κ2) is 5.87. The van der Waals surface area contributed by atoms with Gasteiger partial charge in [0, 0.05) is 0 Å². The maximum Gasteiger partial charge on any atom is 0.415 e. The number of rotatable bonds is 3. The molecule has 0 saturated heterocycles. The predicted molar refractivity (Wildman–Crippen MR) is 74.6 cm³/mol. The van der Waals surface area contributed by atoms with E-state index in [9.17, 15) is 9.59 Å². The lowest BCUT2D eigenvalue weighted by atomic mass is 9.97. The van der Waals surface area contributed by atoms with Crippen LogP contribution in [0.2, 0.25) is 0 Å². The average molecular weight is 263 g/mol. The number of nitrogens with zero attached hydrogens (tertiary/aromatic N) is 1. The Hall–Kier alpha value is -1.84. The zero-order chi connectivity index (χ0) is 14.6. The fraction of sp³-hybridized carbons (Fsp3) is 0.467. The SMILES string of the molecule is C=CC1=C(C=C)N(C(=O)OC(C)(C)C)C(C=O)CC1. The van der Waals surface area contributed by atoms with Crippen molar-refractivity contribution >= 4 is 12.4 Å². The van der Waals surface area contributed by atoms with Gasteiger partial charge in [-0.2, -0.15) is 0 Å². The lowest BCUT2D eigenvalue weighted by Crippen LogP contribution is -2.45. The molecule has 1 aliphatic rings. The third-order valence-corrected chi connectivity index (χ3v) is 2.82. The quantitative estimate of drug-likeness (QED) is 0.734. The summed E-state index contributed by atoms with van der Waals surface area (Å²) < 4.78 is 5.35. The summed E-state index contributed by atoms with van der Waals surface area (Å²) in [4.78, 5) is 24.8.